The lowest BCUT2D eigenvalue weighted by atomic mass is 9.81. The van der Waals surface area contributed by atoms with E-state index in [4.69, 9.17) is 16.2 Å². The Kier molecular flexibility index (Phi) is 10.6. The zero-order chi connectivity index (χ0) is 26.2. The molecule has 1 saturated heterocycles. The molecule has 3 fully saturated rings. The SMILES string of the molecule is CCC(C)CC(C(=O)C(N)=O)C1CCCN1C(=O)C(NC(=O)OC1CCCCC1N)C1CCCCC1. The van der Waals surface area contributed by atoms with Gasteiger partial charge < -0.3 is 26.4 Å². The summed E-state index contributed by atoms with van der Waals surface area (Å²) in [6.07, 6.45) is 10.2. The van der Waals surface area contributed by atoms with Gasteiger partial charge in [0.05, 0.1) is 0 Å². The van der Waals surface area contributed by atoms with Crippen LogP contribution >= 0.6 is 0 Å². The predicted molar refractivity (Wildman–Crippen MR) is 137 cm³/mol. The molecule has 3 amide bonds. The van der Waals surface area contributed by atoms with Gasteiger partial charge in [0.15, 0.2) is 0 Å². The predicted octanol–water partition coefficient (Wildman–Crippen LogP) is 3.03. The molecule has 1 heterocycles. The van der Waals surface area contributed by atoms with E-state index in [1.54, 1.807) is 4.90 Å². The second kappa shape index (κ2) is 13.4. The highest BCUT2D eigenvalue weighted by Crippen LogP contribution is 2.33. The average Bonchev–Trinajstić information content (AvgIpc) is 3.36. The number of primary amides is 1. The molecule has 5 N–H and O–H groups in total. The van der Waals surface area contributed by atoms with E-state index in [0.29, 0.717) is 19.4 Å². The molecule has 0 spiro atoms. The van der Waals surface area contributed by atoms with E-state index in [1.165, 1.54) is 0 Å². The fourth-order valence-electron chi connectivity index (χ4n) is 6.30. The van der Waals surface area contributed by atoms with E-state index < -0.39 is 29.7 Å². The van der Waals surface area contributed by atoms with Crippen LogP contribution in [0.2, 0.25) is 0 Å². The lowest BCUT2D eigenvalue weighted by Crippen LogP contribution is -2.56. The molecule has 2 aliphatic carbocycles. The first-order valence-electron chi connectivity index (χ1n) is 14.1. The minimum atomic E-state index is -0.947. The fraction of sp³-hybridized carbons (Fsp3) is 0.852. The molecular weight excluding hydrogens is 460 g/mol. The summed E-state index contributed by atoms with van der Waals surface area (Å²) in [6.45, 7) is 4.58. The first-order valence-corrected chi connectivity index (χ1v) is 14.1. The third kappa shape index (κ3) is 7.20. The van der Waals surface area contributed by atoms with E-state index in [2.05, 4.69) is 5.32 Å². The van der Waals surface area contributed by atoms with Crippen molar-refractivity contribution >= 4 is 23.7 Å². The van der Waals surface area contributed by atoms with Crippen molar-refractivity contribution in [2.45, 2.75) is 122 Å². The summed E-state index contributed by atoms with van der Waals surface area (Å²) in [5.74, 6) is -2.12. The lowest BCUT2D eigenvalue weighted by Gasteiger charge is -2.37. The van der Waals surface area contributed by atoms with Crippen molar-refractivity contribution < 1.29 is 23.9 Å². The third-order valence-electron chi connectivity index (χ3n) is 8.65. The van der Waals surface area contributed by atoms with Gasteiger partial charge in [-0.15, -0.1) is 0 Å². The average molecular weight is 507 g/mol. The Bertz CT molecular complexity index is 784. The standard InChI is InChI=1S/C27H46N4O5/c1-3-17(2)16-19(24(32)25(29)33)21-13-9-15-31(21)26(34)23(18-10-5-4-6-11-18)30-27(35)36-22-14-8-7-12-20(22)28/h17-23H,3-16,28H2,1-2H3,(H2,29,33)(H,30,35). The van der Waals surface area contributed by atoms with Crippen LogP contribution in [0.15, 0.2) is 0 Å². The van der Waals surface area contributed by atoms with Crippen LogP contribution in [0, 0.1) is 17.8 Å². The monoisotopic (exact) mass is 506 g/mol. The number of carbonyl (C=O) groups is 4. The van der Waals surface area contributed by atoms with Gasteiger partial charge in [-0.1, -0.05) is 46.0 Å². The van der Waals surface area contributed by atoms with Crippen LogP contribution in [0.4, 0.5) is 4.79 Å². The summed E-state index contributed by atoms with van der Waals surface area (Å²) >= 11 is 0. The molecule has 3 aliphatic rings. The van der Waals surface area contributed by atoms with Crippen molar-refractivity contribution in [2.24, 2.45) is 29.2 Å². The molecule has 3 rings (SSSR count). The molecule has 9 heteroatoms. The fourth-order valence-corrected chi connectivity index (χ4v) is 6.30. The zero-order valence-electron chi connectivity index (χ0n) is 22.1. The number of nitrogens with one attached hydrogen (secondary N) is 1. The molecule has 9 nitrogen and oxygen atoms in total. The van der Waals surface area contributed by atoms with Crippen molar-refractivity contribution in [3.63, 3.8) is 0 Å². The van der Waals surface area contributed by atoms with Crippen LogP contribution in [0.5, 0.6) is 0 Å². The molecule has 1 aliphatic heterocycles. The maximum Gasteiger partial charge on any atom is 0.408 e. The second-order valence-corrected chi connectivity index (χ2v) is 11.2. The van der Waals surface area contributed by atoms with Crippen molar-refractivity contribution in [3.05, 3.63) is 0 Å². The first kappa shape index (κ1) is 28.4. The molecule has 0 aromatic heterocycles. The molecule has 2 saturated carbocycles. The van der Waals surface area contributed by atoms with Crippen LogP contribution in [-0.4, -0.2) is 59.4 Å². The highest BCUT2D eigenvalue weighted by molar-refractivity contribution is 6.36. The number of carbonyl (C=O) groups excluding carboxylic acids is 4. The van der Waals surface area contributed by atoms with E-state index >= 15 is 0 Å². The molecule has 0 aromatic rings. The van der Waals surface area contributed by atoms with Crippen LogP contribution in [0.25, 0.3) is 0 Å². The van der Waals surface area contributed by atoms with Gasteiger partial charge in [-0.2, -0.15) is 0 Å². The molecular formula is C27H46N4O5. The number of Topliss-reactive ketones (excluding diaryl/α,β-unsaturated/α-hetero) is 1. The molecule has 204 valence electrons. The zero-order valence-corrected chi connectivity index (χ0v) is 22.1. The normalized spacial score (nSPS) is 27.6. The van der Waals surface area contributed by atoms with Gasteiger partial charge in [-0.3, -0.25) is 14.4 Å². The Balaban J connectivity index is 1.78. The van der Waals surface area contributed by atoms with Crippen molar-refractivity contribution in [3.8, 4) is 0 Å². The minimum Gasteiger partial charge on any atom is -0.445 e. The van der Waals surface area contributed by atoms with Gasteiger partial charge in [-0.05, 0) is 63.2 Å². The summed E-state index contributed by atoms with van der Waals surface area (Å²) in [6, 6.07) is -1.29. The highest BCUT2D eigenvalue weighted by Gasteiger charge is 2.44. The van der Waals surface area contributed by atoms with Gasteiger partial charge in [0, 0.05) is 24.5 Å². The lowest BCUT2D eigenvalue weighted by molar-refractivity contribution is -0.143. The molecule has 0 radical (unpaired) electrons. The van der Waals surface area contributed by atoms with Crippen molar-refractivity contribution in [2.75, 3.05) is 6.54 Å². The Morgan fingerprint density at radius 2 is 1.64 bits per heavy atom. The quantitative estimate of drug-likeness (QED) is 0.388. The largest absolute Gasteiger partial charge is 0.445 e. The van der Waals surface area contributed by atoms with Crippen LogP contribution < -0.4 is 16.8 Å². The number of hydrogen-bond acceptors (Lipinski definition) is 6. The number of rotatable bonds is 10. The topological polar surface area (TPSA) is 145 Å². The molecule has 6 atom stereocenters. The Morgan fingerprint density at radius 1 is 0.972 bits per heavy atom. The van der Waals surface area contributed by atoms with Gasteiger partial charge in [0.2, 0.25) is 11.7 Å². The summed E-state index contributed by atoms with van der Waals surface area (Å²) in [7, 11) is 0. The maximum absolute atomic E-state index is 14.0. The molecule has 0 bridgehead atoms. The van der Waals surface area contributed by atoms with Gasteiger partial charge >= 0.3 is 6.09 Å². The summed E-state index contributed by atoms with van der Waals surface area (Å²) in [5.41, 5.74) is 11.6. The minimum absolute atomic E-state index is 0.0138. The molecule has 0 aromatic carbocycles. The van der Waals surface area contributed by atoms with Crippen molar-refractivity contribution in [1.82, 2.24) is 10.2 Å². The van der Waals surface area contributed by atoms with E-state index in [9.17, 15) is 19.2 Å². The number of likely N-dealkylation sites (tertiary alicyclic amines) is 1. The summed E-state index contributed by atoms with van der Waals surface area (Å²) in [4.78, 5) is 53.4. The van der Waals surface area contributed by atoms with Crippen molar-refractivity contribution in [1.29, 1.82) is 0 Å². The Hall–Kier alpha value is -2.16. The number of alkyl carbamates (subject to hydrolysis) is 1. The number of nitrogens with two attached hydrogens (primary N) is 2. The van der Waals surface area contributed by atoms with Gasteiger partial charge in [-0.25, -0.2) is 4.79 Å². The number of nitrogens with zero attached hydrogens (tertiary/aromatic N) is 1. The first-order chi connectivity index (χ1) is 17.2. The molecule has 36 heavy (non-hydrogen) atoms. The van der Waals surface area contributed by atoms with Gasteiger partial charge in [0.25, 0.3) is 5.91 Å². The Morgan fingerprint density at radius 3 is 2.28 bits per heavy atom. The van der Waals surface area contributed by atoms with Crippen LogP contribution in [-0.2, 0) is 19.1 Å². The van der Waals surface area contributed by atoms with E-state index in [0.717, 1.165) is 70.6 Å². The smallest absolute Gasteiger partial charge is 0.408 e. The van der Waals surface area contributed by atoms with Gasteiger partial charge in [0.1, 0.15) is 12.1 Å². The van der Waals surface area contributed by atoms with Crippen LogP contribution in [0.1, 0.15) is 97.3 Å². The second-order valence-electron chi connectivity index (χ2n) is 11.2. The maximum atomic E-state index is 14.0. The number of hydrogen-bond donors (Lipinski definition) is 3. The number of amides is 3. The van der Waals surface area contributed by atoms with E-state index in [-0.39, 0.29) is 35.9 Å². The number of ether oxygens (including phenoxy) is 1. The Labute approximate surface area is 215 Å². The summed E-state index contributed by atoms with van der Waals surface area (Å²) < 4.78 is 5.69. The number of ketones is 1. The molecule has 6 unspecified atom stereocenters. The third-order valence-corrected chi connectivity index (χ3v) is 8.65. The van der Waals surface area contributed by atoms with E-state index in [1.807, 2.05) is 13.8 Å². The van der Waals surface area contributed by atoms with Crippen LogP contribution in [0.3, 0.4) is 0 Å². The highest BCUT2D eigenvalue weighted by atomic mass is 16.6. The summed E-state index contributed by atoms with van der Waals surface area (Å²) in [5, 5.41) is 2.91.